The van der Waals surface area contributed by atoms with Gasteiger partial charge in [-0.05, 0) is 53.8 Å². The Bertz CT molecular complexity index is 546. The Kier molecular flexibility index (Phi) is 5.31. The minimum atomic E-state index is -0.174. The smallest absolute Gasteiger partial charge is 0.123 e. The van der Waals surface area contributed by atoms with Gasteiger partial charge in [0.1, 0.15) is 5.82 Å². The third kappa shape index (κ3) is 3.67. The topological polar surface area (TPSA) is 12.0 Å². The lowest BCUT2D eigenvalue weighted by Crippen LogP contribution is -2.14. The molecule has 0 fully saturated rings. The van der Waals surface area contributed by atoms with Crippen LogP contribution in [0.3, 0.4) is 0 Å². The standard InChI is InChI=1S/C18H22FN/c1-3-11-20-13-16-12-17(19)9-10-18(16)15-7-5-14(4-2)6-8-15/h5-10,12,20H,3-4,11,13H2,1-2H3. The highest BCUT2D eigenvalue weighted by Gasteiger charge is 2.06. The van der Waals surface area contributed by atoms with Gasteiger partial charge in [0.05, 0.1) is 0 Å². The van der Waals surface area contributed by atoms with E-state index in [1.165, 1.54) is 11.6 Å². The Labute approximate surface area is 120 Å². The second-order valence-electron chi connectivity index (χ2n) is 5.03. The van der Waals surface area contributed by atoms with Gasteiger partial charge < -0.3 is 5.32 Å². The van der Waals surface area contributed by atoms with Crippen molar-refractivity contribution in [2.75, 3.05) is 6.54 Å². The van der Waals surface area contributed by atoms with Crippen LogP contribution in [0.1, 0.15) is 31.4 Å². The molecule has 0 amide bonds. The fraction of sp³-hybridized carbons (Fsp3) is 0.333. The molecular formula is C18H22FN. The van der Waals surface area contributed by atoms with Gasteiger partial charge in [-0.1, -0.05) is 44.2 Å². The predicted molar refractivity (Wildman–Crippen MR) is 83.2 cm³/mol. The molecule has 0 unspecified atom stereocenters. The number of halogens is 1. The first-order chi connectivity index (χ1) is 9.74. The van der Waals surface area contributed by atoms with Gasteiger partial charge >= 0.3 is 0 Å². The first-order valence-electron chi connectivity index (χ1n) is 7.33. The highest BCUT2D eigenvalue weighted by atomic mass is 19.1. The molecular weight excluding hydrogens is 249 g/mol. The molecule has 106 valence electrons. The lowest BCUT2D eigenvalue weighted by Gasteiger charge is -2.11. The second-order valence-corrected chi connectivity index (χ2v) is 5.03. The zero-order valence-electron chi connectivity index (χ0n) is 12.2. The molecule has 0 saturated heterocycles. The molecule has 2 rings (SSSR count). The van der Waals surface area contributed by atoms with Crippen molar-refractivity contribution in [3.05, 3.63) is 59.4 Å². The van der Waals surface area contributed by atoms with Gasteiger partial charge in [0.2, 0.25) is 0 Å². The van der Waals surface area contributed by atoms with E-state index < -0.39 is 0 Å². The molecule has 2 aromatic carbocycles. The number of nitrogens with one attached hydrogen (secondary N) is 1. The maximum absolute atomic E-state index is 13.5. The van der Waals surface area contributed by atoms with E-state index >= 15 is 0 Å². The van der Waals surface area contributed by atoms with Crippen molar-refractivity contribution in [2.24, 2.45) is 0 Å². The minimum absolute atomic E-state index is 0.174. The van der Waals surface area contributed by atoms with Crippen molar-refractivity contribution >= 4 is 0 Å². The van der Waals surface area contributed by atoms with Crippen molar-refractivity contribution in [1.29, 1.82) is 0 Å². The van der Waals surface area contributed by atoms with E-state index in [-0.39, 0.29) is 5.82 Å². The van der Waals surface area contributed by atoms with E-state index in [0.29, 0.717) is 6.54 Å². The normalized spacial score (nSPS) is 10.8. The number of rotatable bonds is 6. The number of hydrogen-bond acceptors (Lipinski definition) is 1. The molecule has 0 heterocycles. The average Bonchev–Trinajstić information content (AvgIpc) is 2.48. The summed E-state index contributed by atoms with van der Waals surface area (Å²) >= 11 is 0. The number of benzene rings is 2. The van der Waals surface area contributed by atoms with Crippen LogP contribution in [0, 0.1) is 5.82 Å². The summed E-state index contributed by atoms with van der Waals surface area (Å²) in [5, 5.41) is 3.34. The molecule has 0 atom stereocenters. The van der Waals surface area contributed by atoms with E-state index in [4.69, 9.17) is 0 Å². The van der Waals surface area contributed by atoms with Crippen LogP contribution < -0.4 is 5.32 Å². The van der Waals surface area contributed by atoms with Gasteiger partial charge in [-0.3, -0.25) is 0 Å². The Hall–Kier alpha value is -1.67. The molecule has 1 nitrogen and oxygen atoms in total. The lowest BCUT2D eigenvalue weighted by atomic mass is 9.98. The Balaban J connectivity index is 2.28. The average molecular weight is 271 g/mol. The molecule has 20 heavy (non-hydrogen) atoms. The largest absolute Gasteiger partial charge is 0.313 e. The van der Waals surface area contributed by atoms with E-state index in [9.17, 15) is 4.39 Å². The Morgan fingerprint density at radius 3 is 2.40 bits per heavy atom. The quantitative estimate of drug-likeness (QED) is 0.760. The van der Waals surface area contributed by atoms with Crippen molar-refractivity contribution < 1.29 is 4.39 Å². The minimum Gasteiger partial charge on any atom is -0.313 e. The zero-order chi connectivity index (χ0) is 14.4. The van der Waals surface area contributed by atoms with Gasteiger partial charge in [0, 0.05) is 6.54 Å². The summed E-state index contributed by atoms with van der Waals surface area (Å²) in [6, 6.07) is 13.6. The lowest BCUT2D eigenvalue weighted by molar-refractivity contribution is 0.619. The summed E-state index contributed by atoms with van der Waals surface area (Å²) in [7, 11) is 0. The Morgan fingerprint density at radius 1 is 1.00 bits per heavy atom. The molecule has 2 aromatic rings. The summed E-state index contributed by atoms with van der Waals surface area (Å²) in [6.07, 6.45) is 2.12. The molecule has 1 N–H and O–H groups in total. The van der Waals surface area contributed by atoms with Gasteiger partial charge in [0.15, 0.2) is 0 Å². The second kappa shape index (κ2) is 7.20. The summed E-state index contributed by atoms with van der Waals surface area (Å²) in [5.41, 5.74) is 4.59. The molecule has 0 radical (unpaired) electrons. The highest BCUT2D eigenvalue weighted by molar-refractivity contribution is 5.67. The molecule has 0 aliphatic carbocycles. The number of aryl methyl sites for hydroxylation is 1. The van der Waals surface area contributed by atoms with Gasteiger partial charge in [0.25, 0.3) is 0 Å². The van der Waals surface area contributed by atoms with Crippen molar-refractivity contribution in [2.45, 2.75) is 33.2 Å². The maximum Gasteiger partial charge on any atom is 0.123 e. The van der Waals surface area contributed by atoms with Crippen LogP contribution in [-0.4, -0.2) is 6.54 Å². The van der Waals surface area contributed by atoms with Crippen LogP contribution in [0.2, 0.25) is 0 Å². The molecule has 0 bridgehead atoms. The van der Waals surface area contributed by atoms with Crippen LogP contribution in [0.15, 0.2) is 42.5 Å². The first-order valence-corrected chi connectivity index (χ1v) is 7.33. The fourth-order valence-electron chi connectivity index (χ4n) is 2.31. The summed E-state index contributed by atoms with van der Waals surface area (Å²) in [5.74, 6) is -0.174. The van der Waals surface area contributed by atoms with Crippen LogP contribution in [-0.2, 0) is 13.0 Å². The maximum atomic E-state index is 13.5. The molecule has 0 aromatic heterocycles. The SMILES string of the molecule is CCCNCc1cc(F)ccc1-c1ccc(CC)cc1. The van der Waals surface area contributed by atoms with Crippen LogP contribution in [0.5, 0.6) is 0 Å². The van der Waals surface area contributed by atoms with Crippen LogP contribution in [0.4, 0.5) is 4.39 Å². The van der Waals surface area contributed by atoms with Crippen LogP contribution in [0.25, 0.3) is 11.1 Å². The van der Waals surface area contributed by atoms with Gasteiger partial charge in [-0.25, -0.2) is 4.39 Å². The van der Waals surface area contributed by atoms with E-state index in [0.717, 1.165) is 36.1 Å². The Morgan fingerprint density at radius 2 is 1.75 bits per heavy atom. The van der Waals surface area contributed by atoms with Crippen molar-refractivity contribution in [3.8, 4) is 11.1 Å². The third-order valence-corrected chi connectivity index (χ3v) is 3.48. The van der Waals surface area contributed by atoms with E-state index in [1.807, 2.05) is 6.07 Å². The van der Waals surface area contributed by atoms with Crippen molar-refractivity contribution in [3.63, 3.8) is 0 Å². The van der Waals surface area contributed by atoms with Crippen molar-refractivity contribution in [1.82, 2.24) is 5.32 Å². The zero-order valence-corrected chi connectivity index (χ0v) is 12.2. The number of hydrogen-bond donors (Lipinski definition) is 1. The third-order valence-electron chi connectivity index (χ3n) is 3.48. The van der Waals surface area contributed by atoms with Gasteiger partial charge in [-0.2, -0.15) is 0 Å². The van der Waals surface area contributed by atoms with Crippen LogP contribution >= 0.6 is 0 Å². The molecule has 2 heteroatoms. The van der Waals surface area contributed by atoms with E-state index in [2.05, 4.69) is 43.4 Å². The fourth-order valence-corrected chi connectivity index (χ4v) is 2.31. The molecule has 0 spiro atoms. The van der Waals surface area contributed by atoms with Gasteiger partial charge in [-0.15, -0.1) is 0 Å². The molecule has 0 aliphatic heterocycles. The molecule has 0 saturated carbocycles. The highest BCUT2D eigenvalue weighted by Crippen LogP contribution is 2.25. The first kappa shape index (κ1) is 14.7. The van der Waals surface area contributed by atoms with E-state index in [1.54, 1.807) is 6.07 Å². The summed E-state index contributed by atoms with van der Waals surface area (Å²) < 4.78 is 13.5. The monoisotopic (exact) mass is 271 g/mol. The summed E-state index contributed by atoms with van der Waals surface area (Å²) in [6.45, 7) is 5.93. The molecule has 0 aliphatic rings. The summed E-state index contributed by atoms with van der Waals surface area (Å²) in [4.78, 5) is 0. The predicted octanol–water partition coefficient (Wildman–Crippen LogP) is 4.55.